The smallest absolute Gasteiger partial charge is 0.330 e. The molecule has 0 aliphatic rings. The lowest BCUT2D eigenvalue weighted by molar-refractivity contribution is -0.137. The molecule has 0 fully saturated rings. The molecule has 0 radical (unpaired) electrons. The van der Waals surface area contributed by atoms with E-state index in [4.69, 9.17) is 9.84 Å². The molecule has 0 aromatic carbocycles. The predicted octanol–water partition coefficient (Wildman–Crippen LogP) is 1.15. The molecule has 0 aliphatic heterocycles. The zero-order chi connectivity index (χ0) is 11.1. The van der Waals surface area contributed by atoms with Crippen molar-refractivity contribution in [3.8, 4) is 0 Å². The second kappa shape index (κ2) is 5.93. The Kier molecular flexibility index (Phi) is 4.50. The minimum absolute atomic E-state index is 0.110. The molecule has 1 aromatic rings. The quantitative estimate of drug-likeness (QED) is 0.594. The van der Waals surface area contributed by atoms with Crippen molar-refractivity contribution in [1.82, 2.24) is 4.98 Å². The van der Waals surface area contributed by atoms with Crippen LogP contribution >= 0.6 is 0 Å². The number of aliphatic hydroxyl groups is 1. The number of nitrogens with zero attached hydrogens (tertiary/aromatic N) is 1. The van der Waals surface area contributed by atoms with Crippen molar-refractivity contribution in [3.05, 3.63) is 35.7 Å². The second-order valence-electron chi connectivity index (χ2n) is 2.80. The molecular weight excluding hydrogens is 194 g/mol. The maximum Gasteiger partial charge on any atom is 0.330 e. The highest BCUT2D eigenvalue weighted by Gasteiger charge is 1.96. The van der Waals surface area contributed by atoms with E-state index in [1.54, 1.807) is 31.2 Å². The van der Waals surface area contributed by atoms with Crippen molar-refractivity contribution < 1.29 is 14.6 Å². The van der Waals surface area contributed by atoms with Crippen LogP contribution in [0.25, 0.3) is 6.08 Å². The first-order valence-corrected chi connectivity index (χ1v) is 4.68. The highest BCUT2D eigenvalue weighted by atomic mass is 16.5. The largest absolute Gasteiger partial charge is 0.463 e. The summed E-state index contributed by atoms with van der Waals surface area (Å²) in [4.78, 5) is 15.1. The highest BCUT2D eigenvalue weighted by Crippen LogP contribution is 2.01. The Morgan fingerprint density at radius 3 is 3.07 bits per heavy atom. The maximum absolute atomic E-state index is 11.0. The van der Waals surface area contributed by atoms with E-state index in [0.717, 1.165) is 0 Å². The van der Waals surface area contributed by atoms with Crippen LogP contribution in [0.3, 0.4) is 0 Å². The van der Waals surface area contributed by atoms with Crippen LogP contribution in [0.15, 0.2) is 24.3 Å². The Bertz CT molecular complexity index is 361. The summed E-state index contributed by atoms with van der Waals surface area (Å²) in [6.45, 7) is 1.99. The first-order valence-electron chi connectivity index (χ1n) is 4.68. The number of aromatic nitrogens is 1. The van der Waals surface area contributed by atoms with Gasteiger partial charge in [0.15, 0.2) is 0 Å². The lowest BCUT2D eigenvalue weighted by Gasteiger charge is -1.97. The third-order valence-corrected chi connectivity index (χ3v) is 1.67. The van der Waals surface area contributed by atoms with Crippen LogP contribution in [-0.4, -0.2) is 22.7 Å². The minimum Gasteiger partial charge on any atom is -0.463 e. The summed E-state index contributed by atoms with van der Waals surface area (Å²) in [6.07, 6.45) is 2.87. The fourth-order valence-electron chi connectivity index (χ4n) is 1.02. The third kappa shape index (κ3) is 3.91. The molecule has 0 spiro atoms. The molecule has 0 bridgehead atoms. The molecule has 0 atom stereocenters. The lowest BCUT2D eigenvalue weighted by atomic mass is 10.3. The van der Waals surface area contributed by atoms with E-state index in [1.807, 2.05) is 0 Å². The molecule has 0 unspecified atom stereocenters. The summed E-state index contributed by atoms with van der Waals surface area (Å²) < 4.78 is 4.72. The zero-order valence-electron chi connectivity index (χ0n) is 8.51. The molecule has 0 saturated carbocycles. The summed E-state index contributed by atoms with van der Waals surface area (Å²) in [5, 5.41) is 8.85. The molecule has 1 heterocycles. The van der Waals surface area contributed by atoms with E-state index in [9.17, 15) is 4.79 Å². The van der Waals surface area contributed by atoms with Crippen LogP contribution in [0.4, 0.5) is 0 Å². The van der Waals surface area contributed by atoms with Crippen LogP contribution in [0.5, 0.6) is 0 Å². The Morgan fingerprint density at radius 1 is 1.60 bits per heavy atom. The molecule has 1 rings (SSSR count). The van der Waals surface area contributed by atoms with Crippen LogP contribution in [0.2, 0.25) is 0 Å². The number of hydrogen-bond donors (Lipinski definition) is 1. The van der Waals surface area contributed by atoms with Gasteiger partial charge in [-0.3, -0.25) is 4.98 Å². The minimum atomic E-state index is -0.395. The number of pyridine rings is 1. The molecule has 0 amide bonds. The fraction of sp³-hybridized carbons (Fsp3) is 0.273. The van der Waals surface area contributed by atoms with E-state index in [-0.39, 0.29) is 6.61 Å². The summed E-state index contributed by atoms with van der Waals surface area (Å²) in [5.41, 5.74) is 1.19. The first-order chi connectivity index (χ1) is 7.26. The van der Waals surface area contributed by atoms with Crippen LogP contribution in [-0.2, 0) is 16.1 Å². The first kappa shape index (κ1) is 11.4. The molecule has 1 N–H and O–H groups in total. The van der Waals surface area contributed by atoms with E-state index in [2.05, 4.69) is 4.98 Å². The van der Waals surface area contributed by atoms with Gasteiger partial charge in [-0.15, -0.1) is 0 Å². The Balaban J connectivity index is 2.67. The van der Waals surface area contributed by atoms with Gasteiger partial charge >= 0.3 is 5.97 Å². The monoisotopic (exact) mass is 207 g/mol. The summed E-state index contributed by atoms with van der Waals surface area (Å²) >= 11 is 0. The number of esters is 1. The molecule has 1 aromatic heterocycles. The van der Waals surface area contributed by atoms with Gasteiger partial charge in [-0.2, -0.15) is 0 Å². The van der Waals surface area contributed by atoms with Crippen LogP contribution in [0, 0.1) is 0 Å². The second-order valence-corrected chi connectivity index (χ2v) is 2.80. The van der Waals surface area contributed by atoms with E-state index < -0.39 is 5.97 Å². The van der Waals surface area contributed by atoms with Crippen molar-refractivity contribution in [2.24, 2.45) is 0 Å². The van der Waals surface area contributed by atoms with Crippen molar-refractivity contribution in [2.45, 2.75) is 13.5 Å². The van der Waals surface area contributed by atoms with E-state index in [0.29, 0.717) is 18.0 Å². The van der Waals surface area contributed by atoms with Gasteiger partial charge in [-0.05, 0) is 25.1 Å². The number of carbonyl (C=O) groups excluding carboxylic acids is 1. The van der Waals surface area contributed by atoms with Crippen molar-refractivity contribution in [3.63, 3.8) is 0 Å². The lowest BCUT2D eigenvalue weighted by Crippen LogP contribution is -1.99. The predicted molar refractivity (Wildman–Crippen MR) is 55.8 cm³/mol. The number of carbonyl (C=O) groups is 1. The number of aliphatic hydroxyl groups excluding tert-OH is 1. The third-order valence-electron chi connectivity index (χ3n) is 1.67. The molecule has 0 aliphatic carbocycles. The zero-order valence-corrected chi connectivity index (χ0v) is 8.51. The highest BCUT2D eigenvalue weighted by molar-refractivity contribution is 5.86. The van der Waals surface area contributed by atoms with Crippen LogP contribution < -0.4 is 0 Å². The summed E-state index contributed by atoms with van der Waals surface area (Å²) in [6, 6.07) is 5.22. The number of hydrogen-bond acceptors (Lipinski definition) is 4. The SMILES string of the molecule is CCOC(=O)C=Cc1cccc(CO)n1. The molecule has 80 valence electrons. The standard InChI is InChI=1S/C11H13NO3/c1-2-15-11(14)7-6-9-4-3-5-10(8-13)12-9/h3-7,13H,2,8H2,1H3. The normalized spacial score (nSPS) is 10.5. The topological polar surface area (TPSA) is 59.4 Å². The molecule has 0 saturated heterocycles. The summed E-state index contributed by atoms with van der Waals surface area (Å²) in [5.74, 6) is -0.395. The fourth-order valence-corrected chi connectivity index (χ4v) is 1.02. The average molecular weight is 207 g/mol. The van der Waals surface area contributed by atoms with Gasteiger partial charge in [-0.1, -0.05) is 6.07 Å². The van der Waals surface area contributed by atoms with Gasteiger partial charge in [-0.25, -0.2) is 4.79 Å². The van der Waals surface area contributed by atoms with Crippen molar-refractivity contribution in [2.75, 3.05) is 6.61 Å². The molecule has 15 heavy (non-hydrogen) atoms. The van der Waals surface area contributed by atoms with Gasteiger partial charge in [0.05, 0.1) is 24.6 Å². The van der Waals surface area contributed by atoms with Gasteiger partial charge in [0.1, 0.15) is 0 Å². The Hall–Kier alpha value is -1.68. The maximum atomic E-state index is 11.0. The Labute approximate surface area is 88.2 Å². The number of ether oxygens (including phenoxy) is 1. The van der Waals surface area contributed by atoms with Gasteiger partial charge in [0.2, 0.25) is 0 Å². The van der Waals surface area contributed by atoms with Gasteiger partial charge in [0.25, 0.3) is 0 Å². The molecule has 4 heteroatoms. The van der Waals surface area contributed by atoms with Gasteiger partial charge in [0, 0.05) is 6.08 Å². The summed E-state index contributed by atoms with van der Waals surface area (Å²) in [7, 11) is 0. The Morgan fingerprint density at radius 2 is 2.40 bits per heavy atom. The van der Waals surface area contributed by atoms with Gasteiger partial charge < -0.3 is 9.84 Å². The van der Waals surface area contributed by atoms with Crippen LogP contribution in [0.1, 0.15) is 18.3 Å². The molecular formula is C11H13NO3. The number of rotatable bonds is 4. The molecule has 4 nitrogen and oxygen atoms in total. The van der Waals surface area contributed by atoms with E-state index >= 15 is 0 Å². The van der Waals surface area contributed by atoms with Crippen molar-refractivity contribution >= 4 is 12.0 Å². The van der Waals surface area contributed by atoms with Crippen molar-refractivity contribution in [1.29, 1.82) is 0 Å². The van der Waals surface area contributed by atoms with E-state index in [1.165, 1.54) is 6.08 Å². The average Bonchev–Trinajstić information content (AvgIpc) is 2.27.